The van der Waals surface area contributed by atoms with Gasteiger partial charge >= 0.3 is 0 Å². The van der Waals surface area contributed by atoms with Crippen molar-refractivity contribution in [3.8, 4) is 5.75 Å². The first kappa shape index (κ1) is 23.3. The Balaban J connectivity index is 1.80. The van der Waals surface area contributed by atoms with Gasteiger partial charge in [-0.05, 0) is 99.7 Å². The third-order valence-corrected chi connectivity index (χ3v) is 6.00. The third kappa shape index (κ3) is 4.46. The van der Waals surface area contributed by atoms with Gasteiger partial charge in [-0.3, -0.25) is 9.59 Å². The highest BCUT2D eigenvalue weighted by Gasteiger charge is 2.40. The van der Waals surface area contributed by atoms with Gasteiger partial charge in [0.05, 0.1) is 17.4 Å². The molecule has 1 heterocycles. The van der Waals surface area contributed by atoms with E-state index in [9.17, 15) is 9.59 Å². The lowest BCUT2D eigenvalue weighted by atomic mass is 9.99. The van der Waals surface area contributed by atoms with Crippen LogP contribution in [0, 0.1) is 27.7 Å². The van der Waals surface area contributed by atoms with E-state index in [-0.39, 0.29) is 23.6 Å². The Kier molecular flexibility index (Phi) is 6.29. The van der Waals surface area contributed by atoms with Crippen molar-refractivity contribution in [2.45, 2.75) is 47.6 Å². The van der Waals surface area contributed by atoms with Crippen molar-refractivity contribution in [2.75, 3.05) is 10.2 Å². The molecule has 174 valence electrons. The normalized spacial score (nSPS) is 13.8. The highest BCUT2D eigenvalue weighted by atomic mass is 16.5. The summed E-state index contributed by atoms with van der Waals surface area (Å²) in [6.07, 6.45) is 0.0346. The van der Waals surface area contributed by atoms with Crippen LogP contribution in [-0.2, 0) is 9.59 Å². The van der Waals surface area contributed by atoms with Crippen molar-refractivity contribution in [1.82, 2.24) is 0 Å². The van der Waals surface area contributed by atoms with Crippen LogP contribution >= 0.6 is 0 Å². The van der Waals surface area contributed by atoms with E-state index < -0.39 is 0 Å². The number of aryl methyl sites for hydroxylation is 4. The molecule has 1 aliphatic heterocycles. The van der Waals surface area contributed by atoms with Crippen molar-refractivity contribution in [3.05, 3.63) is 94.2 Å². The number of rotatable bonds is 6. The lowest BCUT2D eigenvalue weighted by molar-refractivity contribution is -0.120. The molecular formula is C29H30N2O3. The monoisotopic (exact) mass is 454 g/mol. The SMILES string of the molecule is Cc1ccc(C)c(NC2=C(c3ccc(C)c(C)c3)C(=O)N(c3ccc(OC(C)C)cc3)C2=O)c1. The molecule has 0 atom stereocenters. The van der Waals surface area contributed by atoms with Crippen LogP contribution in [0.15, 0.2) is 66.4 Å². The summed E-state index contributed by atoms with van der Waals surface area (Å²) >= 11 is 0. The van der Waals surface area contributed by atoms with E-state index >= 15 is 0 Å². The number of imide groups is 1. The molecule has 1 N–H and O–H groups in total. The van der Waals surface area contributed by atoms with Crippen molar-refractivity contribution in [1.29, 1.82) is 0 Å². The number of anilines is 2. The molecule has 0 aromatic heterocycles. The average Bonchev–Trinajstić information content (AvgIpc) is 3.02. The first-order valence-electron chi connectivity index (χ1n) is 11.5. The van der Waals surface area contributed by atoms with Crippen LogP contribution < -0.4 is 15.0 Å². The summed E-state index contributed by atoms with van der Waals surface area (Å²) in [6, 6.07) is 18.9. The smallest absolute Gasteiger partial charge is 0.282 e. The van der Waals surface area contributed by atoms with Gasteiger partial charge in [-0.25, -0.2) is 4.90 Å². The molecule has 0 radical (unpaired) electrons. The van der Waals surface area contributed by atoms with Crippen LogP contribution in [0.4, 0.5) is 11.4 Å². The summed E-state index contributed by atoms with van der Waals surface area (Å²) in [5.41, 5.74) is 6.93. The molecule has 34 heavy (non-hydrogen) atoms. The third-order valence-electron chi connectivity index (χ3n) is 6.00. The summed E-state index contributed by atoms with van der Waals surface area (Å²) in [5.74, 6) is -0.0378. The zero-order valence-electron chi connectivity index (χ0n) is 20.5. The number of benzene rings is 3. The molecule has 0 saturated carbocycles. The summed E-state index contributed by atoms with van der Waals surface area (Å²) in [6.45, 7) is 11.9. The van der Waals surface area contributed by atoms with Crippen molar-refractivity contribution in [2.24, 2.45) is 0 Å². The highest BCUT2D eigenvalue weighted by Crippen LogP contribution is 2.35. The zero-order chi connectivity index (χ0) is 24.6. The maximum Gasteiger partial charge on any atom is 0.282 e. The van der Waals surface area contributed by atoms with E-state index in [1.54, 1.807) is 24.3 Å². The molecule has 0 spiro atoms. The lowest BCUT2D eigenvalue weighted by Crippen LogP contribution is -2.32. The van der Waals surface area contributed by atoms with Crippen LogP contribution in [0.1, 0.15) is 41.7 Å². The van der Waals surface area contributed by atoms with E-state index in [0.29, 0.717) is 17.0 Å². The predicted molar refractivity (Wildman–Crippen MR) is 137 cm³/mol. The zero-order valence-corrected chi connectivity index (χ0v) is 20.5. The van der Waals surface area contributed by atoms with Crippen molar-refractivity contribution < 1.29 is 14.3 Å². The van der Waals surface area contributed by atoms with Gasteiger partial charge in [-0.1, -0.05) is 30.3 Å². The maximum atomic E-state index is 13.7. The van der Waals surface area contributed by atoms with E-state index in [2.05, 4.69) is 5.32 Å². The minimum absolute atomic E-state index is 0.0346. The van der Waals surface area contributed by atoms with E-state index in [1.807, 2.05) is 77.9 Å². The van der Waals surface area contributed by atoms with Gasteiger partial charge in [0.25, 0.3) is 11.8 Å². The number of nitrogens with one attached hydrogen (secondary N) is 1. The second kappa shape index (κ2) is 9.18. The fourth-order valence-electron chi connectivity index (χ4n) is 4.00. The molecule has 2 amide bonds. The minimum Gasteiger partial charge on any atom is -0.491 e. The van der Waals surface area contributed by atoms with Crippen molar-refractivity contribution >= 4 is 28.8 Å². The van der Waals surface area contributed by atoms with Gasteiger partial charge in [-0.15, -0.1) is 0 Å². The summed E-state index contributed by atoms with van der Waals surface area (Å²) in [7, 11) is 0. The number of hydrogen-bond acceptors (Lipinski definition) is 4. The van der Waals surface area contributed by atoms with Crippen molar-refractivity contribution in [3.63, 3.8) is 0 Å². The number of nitrogens with zero attached hydrogens (tertiary/aromatic N) is 1. The quantitative estimate of drug-likeness (QED) is 0.457. The van der Waals surface area contributed by atoms with Gasteiger partial charge in [0.2, 0.25) is 0 Å². The molecule has 5 heteroatoms. The Hall–Kier alpha value is -3.86. The molecule has 0 bridgehead atoms. The first-order valence-corrected chi connectivity index (χ1v) is 11.5. The fraction of sp³-hybridized carbons (Fsp3) is 0.241. The van der Waals surface area contributed by atoms with Crippen LogP contribution in [0.3, 0.4) is 0 Å². The lowest BCUT2D eigenvalue weighted by Gasteiger charge is -2.17. The number of hydrogen-bond donors (Lipinski definition) is 1. The summed E-state index contributed by atoms with van der Waals surface area (Å²) in [4.78, 5) is 28.6. The number of carbonyl (C=O) groups is 2. The average molecular weight is 455 g/mol. The Bertz CT molecular complexity index is 1300. The summed E-state index contributed by atoms with van der Waals surface area (Å²) in [5, 5.41) is 3.29. The summed E-state index contributed by atoms with van der Waals surface area (Å²) < 4.78 is 5.71. The van der Waals surface area contributed by atoms with E-state index in [1.165, 1.54) is 4.90 Å². The molecule has 5 nitrogen and oxygen atoms in total. The molecular weight excluding hydrogens is 424 g/mol. The van der Waals surface area contributed by atoms with E-state index in [0.717, 1.165) is 33.5 Å². The molecule has 3 aromatic rings. The van der Waals surface area contributed by atoms with Gasteiger partial charge < -0.3 is 10.1 Å². The van der Waals surface area contributed by atoms with Crippen LogP contribution in [0.5, 0.6) is 5.75 Å². The largest absolute Gasteiger partial charge is 0.491 e. The van der Waals surface area contributed by atoms with Gasteiger partial charge in [0.1, 0.15) is 11.4 Å². The Morgan fingerprint density at radius 3 is 2.09 bits per heavy atom. The fourth-order valence-corrected chi connectivity index (χ4v) is 4.00. The molecule has 4 rings (SSSR count). The maximum absolute atomic E-state index is 13.7. The molecule has 3 aromatic carbocycles. The molecule has 0 saturated heterocycles. The highest BCUT2D eigenvalue weighted by molar-refractivity contribution is 6.46. The standard InChI is InChI=1S/C29H30N2O3/c1-17(2)34-24-13-11-23(12-14-24)31-28(32)26(22-10-9-19(4)21(6)16-22)27(29(31)33)30-25-15-18(3)7-8-20(25)5/h7-17,30H,1-6H3. The van der Waals surface area contributed by atoms with E-state index in [4.69, 9.17) is 4.74 Å². The number of ether oxygens (including phenoxy) is 1. The molecule has 0 fully saturated rings. The van der Waals surface area contributed by atoms with Gasteiger partial charge in [0, 0.05) is 5.69 Å². The first-order chi connectivity index (χ1) is 16.2. The van der Waals surface area contributed by atoms with Gasteiger partial charge in [0.15, 0.2) is 0 Å². The van der Waals surface area contributed by atoms with Crippen LogP contribution in [-0.4, -0.2) is 17.9 Å². The van der Waals surface area contributed by atoms with Crippen LogP contribution in [0.25, 0.3) is 5.57 Å². The van der Waals surface area contributed by atoms with Crippen LogP contribution in [0.2, 0.25) is 0 Å². The predicted octanol–water partition coefficient (Wildman–Crippen LogP) is 6.10. The van der Waals surface area contributed by atoms with Gasteiger partial charge in [-0.2, -0.15) is 0 Å². The Labute approximate surface area is 201 Å². The number of carbonyl (C=O) groups excluding carboxylic acids is 2. The molecule has 1 aliphatic rings. The Morgan fingerprint density at radius 1 is 0.765 bits per heavy atom. The number of amides is 2. The second-order valence-corrected chi connectivity index (χ2v) is 9.10. The second-order valence-electron chi connectivity index (χ2n) is 9.10. The topological polar surface area (TPSA) is 58.6 Å². The molecule has 0 unspecified atom stereocenters. The Morgan fingerprint density at radius 2 is 1.44 bits per heavy atom. The minimum atomic E-state index is -0.378. The molecule has 0 aliphatic carbocycles.